The summed E-state index contributed by atoms with van der Waals surface area (Å²) >= 11 is 0. The normalized spacial score (nSPS) is 24.3. The van der Waals surface area contributed by atoms with Crippen LogP contribution in [0.3, 0.4) is 0 Å². The van der Waals surface area contributed by atoms with Crippen LogP contribution in [0.4, 0.5) is 4.39 Å². The number of carbonyl (C=O) groups excluding carboxylic acids is 1. The number of esters is 1. The molecule has 0 radical (unpaired) electrons. The minimum atomic E-state index is -1.43. The predicted molar refractivity (Wildman–Crippen MR) is 46.9 cm³/mol. The number of alkyl halides is 1. The molecule has 0 amide bonds. The minimum Gasteiger partial charge on any atom is -0.430 e. The highest BCUT2D eigenvalue weighted by Crippen LogP contribution is 2.10. The van der Waals surface area contributed by atoms with E-state index in [1.54, 1.807) is 0 Å². The molecule has 1 N–H and O–H groups in total. The molecular formula is C9H16FNO2. The molecule has 1 aliphatic rings. The maximum absolute atomic E-state index is 12.8. The lowest BCUT2D eigenvalue weighted by Gasteiger charge is -2.12. The standard InChI is InChI=1S/C9H16FNO2/c1-2-4-8(10)13-9(12)7-5-3-6-11-7/h7-8,11H,2-6H2,1H3. The van der Waals surface area contributed by atoms with Gasteiger partial charge in [-0.15, -0.1) is 0 Å². The Kier molecular flexibility index (Phi) is 4.15. The maximum Gasteiger partial charge on any atom is 0.325 e. The molecule has 76 valence electrons. The summed E-state index contributed by atoms with van der Waals surface area (Å²) < 4.78 is 17.4. The first-order valence-corrected chi connectivity index (χ1v) is 4.82. The van der Waals surface area contributed by atoms with Gasteiger partial charge in [0.1, 0.15) is 6.04 Å². The third-order valence-corrected chi connectivity index (χ3v) is 2.10. The first-order chi connectivity index (χ1) is 6.24. The van der Waals surface area contributed by atoms with Gasteiger partial charge >= 0.3 is 5.97 Å². The molecule has 0 aromatic rings. The molecule has 2 unspecified atom stereocenters. The molecule has 1 rings (SSSR count). The number of hydrogen-bond acceptors (Lipinski definition) is 3. The fourth-order valence-corrected chi connectivity index (χ4v) is 1.38. The Morgan fingerprint density at radius 2 is 2.54 bits per heavy atom. The van der Waals surface area contributed by atoms with Crippen molar-refractivity contribution in [1.82, 2.24) is 5.32 Å². The lowest BCUT2D eigenvalue weighted by Crippen LogP contribution is -2.34. The van der Waals surface area contributed by atoms with Crippen molar-refractivity contribution in [2.24, 2.45) is 0 Å². The zero-order valence-corrected chi connectivity index (χ0v) is 7.88. The molecular weight excluding hydrogens is 173 g/mol. The van der Waals surface area contributed by atoms with Crippen LogP contribution in [0, 0.1) is 0 Å². The number of hydrogen-bond donors (Lipinski definition) is 1. The van der Waals surface area contributed by atoms with Crippen LogP contribution in [0.5, 0.6) is 0 Å². The Morgan fingerprint density at radius 3 is 3.08 bits per heavy atom. The van der Waals surface area contributed by atoms with Crippen molar-refractivity contribution in [1.29, 1.82) is 0 Å². The van der Waals surface area contributed by atoms with Gasteiger partial charge in [0.15, 0.2) is 0 Å². The van der Waals surface area contributed by atoms with Gasteiger partial charge in [-0.2, -0.15) is 0 Å². The summed E-state index contributed by atoms with van der Waals surface area (Å²) in [5.74, 6) is -0.446. The molecule has 0 saturated carbocycles. The molecule has 1 aliphatic heterocycles. The van der Waals surface area contributed by atoms with Crippen LogP contribution >= 0.6 is 0 Å². The second-order valence-electron chi connectivity index (χ2n) is 3.28. The summed E-state index contributed by atoms with van der Waals surface area (Å²) in [6.07, 6.45) is 1.27. The summed E-state index contributed by atoms with van der Waals surface area (Å²) in [7, 11) is 0. The van der Waals surface area contributed by atoms with Gasteiger partial charge in [0.05, 0.1) is 0 Å². The molecule has 1 heterocycles. The van der Waals surface area contributed by atoms with E-state index in [4.69, 9.17) is 0 Å². The molecule has 0 aliphatic carbocycles. The molecule has 0 aromatic carbocycles. The van der Waals surface area contributed by atoms with E-state index in [-0.39, 0.29) is 6.04 Å². The first-order valence-electron chi connectivity index (χ1n) is 4.82. The highest BCUT2D eigenvalue weighted by atomic mass is 19.1. The number of halogens is 1. The van der Waals surface area contributed by atoms with Gasteiger partial charge in [-0.1, -0.05) is 6.92 Å². The summed E-state index contributed by atoms with van der Waals surface area (Å²) in [6.45, 7) is 2.68. The van der Waals surface area contributed by atoms with Crippen molar-refractivity contribution in [2.45, 2.75) is 45.0 Å². The first kappa shape index (κ1) is 10.4. The monoisotopic (exact) mass is 189 g/mol. The molecule has 3 nitrogen and oxygen atoms in total. The van der Waals surface area contributed by atoms with Crippen LogP contribution in [0.2, 0.25) is 0 Å². The van der Waals surface area contributed by atoms with Crippen LogP contribution in [0.1, 0.15) is 32.6 Å². The molecule has 1 saturated heterocycles. The van der Waals surface area contributed by atoms with Crippen LogP contribution in [-0.2, 0) is 9.53 Å². The third-order valence-electron chi connectivity index (χ3n) is 2.10. The van der Waals surface area contributed by atoms with Crippen LogP contribution in [0.25, 0.3) is 0 Å². The van der Waals surface area contributed by atoms with E-state index in [1.165, 1.54) is 0 Å². The van der Waals surface area contributed by atoms with Crippen molar-refractivity contribution >= 4 is 5.97 Å². The highest BCUT2D eigenvalue weighted by Gasteiger charge is 2.25. The minimum absolute atomic E-state index is 0.282. The number of nitrogens with one attached hydrogen (secondary N) is 1. The Balaban J connectivity index is 2.23. The average molecular weight is 189 g/mol. The smallest absolute Gasteiger partial charge is 0.325 e. The van der Waals surface area contributed by atoms with Crippen LogP contribution in [-0.4, -0.2) is 24.9 Å². The number of rotatable bonds is 4. The molecule has 1 fully saturated rings. The fraction of sp³-hybridized carbons (Fsp3) is 0.889. The average Bonchev–Trinajstić information content (AvgIpc) is 2.55. The summed E-state index contributed by atoms with van der Waals surface area (Å²) in [4.78, 5) is 11.2. The lowest BCUT2D eigenvalue weighted by atomic mass is 10.2. The Hall–Kier alpha value is -0.640. The number of ether oxygens (including phenoxy) is 1. The van der Waals surface area contributed by atoms with E-state index < -0.39 is 12.3 Å². The van der Waals surface area contributed by atoms with Gasteiger partial charge in [0.2, 0.25) is 6.36 Å². The van der Waals surface area contributed by atoms with E-state index in [1.807, 2.05) is 6.92 Å². The van der Waals surface area contributed by atoms with Crippen molar-refractivity contribution in [3.8, 4) is 0 Å². The van der Waals surface area contributed by atoms with Gasteiger partial charge in [0, 0.05) is 6.42 Å². The van der Waals surface area contributed by atoms with Crippen LogP contribution < -0.4 is 5.32 Å². The maximum atomic E-state index is 12.8. The quantitative estimate of drug-likeness (QED) is 0.679. The molecule has 0 aromatic heterocycles. The van der Waals surface area contributed by atoms with Gasteiger partial charge in [-0.25, -0.2) is 4.39 Å². The third kappa shape index (κ3) is 3.30. The van der Waals surface area contributed by atoms with E-state index in [2.05, 4.69) is 10.1 Å². The Morgan fingerprint density at radius 1 is 1.77 bits per heavy atom. The van der Waals surface area contributed by atoms with E-state index in [9.17, 15) is 9.18 Å². The van der Waals surface area contributed by atoms with Gasteiger partial charge in [-0.05, 0) is 25.8 Å². The fourth-order valence-electron chi connectivity index (χ4n) is 1.38. The van der Waals surface area contributed by atoms with E-state index in [0.29, 0.717) is 12.8 Å². The second kappa shape index (κ2) is 5.17. The summed E-state index contributed by atoms with van der Waals surface area (Å²) in [5, 5.41) is 2.96. The zero-order chi connectivity index (χ0) is 9.68. The number of carbonyl (C=O) groups is 1. The molecule has 13 heavy (non-hydrogen) atoms. The van der Waals surface area contributed by atoms with E-state index in [0.717, 1.165) is 19.4 Å². The molecule has 2 atom stereocenters. The topological polar surface area (TPSA) is 38.3 Å². The molecule has 0 spiro atoms. The van der Waals surface area contributed by atoms with Crippen molar-refractivity contribution in [2.75, 3.05) is 6.54 Å². The second-order valence-corrected chi connectivity index (χ2v) is 3.28. The lowest BCUT2D eigenvalue weighted by molar-refractivity contribution is -0.160. The van der Waals surface area contributed by atoms with Gasteiger partial charge < -0.3 is 10.1 Å². The largest absolute Gasteiger partial charge is 0.430 e. The van der Waals surface area contributed by atoms with Gasteiger partial charge in [0.25, 0.3) is 0 Å². The van der Waals surface area contributed by atoms with Crippen molar-refractivity contribution < 1.29 is 13.9 Å². The SMILES string of the molecule is CCCC(F)OC(=O)C1CCCN1. The Labute approximate surface area is 77.6 Å². The Bertz CT molecular complexity index is 169. The zero-order valence-electron chi connectivity index (χ0n) is 7.88. The van der Waals surface area contributed by atoms with E-state index >= 15 is 0 Å². The molecule has 4 heteroatoms. The highest BCUT2D eigenvalue weighted by molar-refractivity contribution is 5.76. The molecule has 0 bridgehead atoms. The predicted octanol–water partition coefficient (Wildman–Crippen LogP) is 1.38. The summed E-state index contributed by atoms with van der Waals surface area (Å²) in [6, 6.07) is -0.282. The van der Waals surface area contributed by atoms with Crippen LogP contribution in [0.15, 0.2) is 0 Å². The summed E-state index contributed by atoms with van der Waals surface area (Å²) in [5.41, 5.74) is 0. The van der Waals surface area contributed by atoms with Crippen molar-refractivity contribution in [3.05, 3.63) is 0 Å². The van der Waals surface area contributed by atoms with Crippen molar-refractivity contribution in [3.63, 3.8) is 0 Å². The van der Waals surface area contributed by atoms with Gasteiger partial charge in [-0.3, -0.25) is 4.79 Å².